The van der Waals surface area contributed by atoms with Crippen LogP contribution in [0.25, 0.3) is 0 Å². The summed E-state index contributed by atoms with van der Waals surface area (Å²) in [6.45, 7) is 4.64. The lowest BCUT2D eigenvalue weighted by atomic mass is 10.1. The Labute approximate surface area is 135 Å². The third-order valence-electron chi connectivity index (χ3n) is 3.69. The van der Waals surface area contributed by atoms with E-state index in [0.29, 0.717) is 0 Å². The number of nitrogens with zero attached hydrogens (tertiary/aromatic N) is 1. The number of carbonyl (C=O) groups excluding carboxylic acids is 2. The van der Waals surface area contributed by atoms with Crippen LogP contribution in [-0.2, 0) is 20.7 Å². The lowest BCUT2D eigenvalue weighted by Gasteiger charge is -2.27. The summed E-state index contributed by atoms with van der Waals surface area (Å²) >= 11 is 0. The van der Waals surface area contributed by atoms with Crippen molar-refractivity contribution in [3.8, 4) is 12.3 Å². The highest BCUT2D eigenvalue weighted by Gasteiger charge is 2.31. The zero-order valence-electron chi connectivity index (χ0n) is 13.1. The number of amides is 1. The van der Waals surface area contributed by atoms with Gasteiger partial charge in [0, 0.05) is 5.57 Å². The van der Waals surface area contributed by atoms with Crippen molar-refractivity contribution in [2.45, 2.75) is 25.8 Å². The van der Waals surface area contributed by atoms with Crippen molar-refractivity contribution in [3.05, 3.63) is 47.5 Å². The molecular formula is C18H19NO4. The molecule has 1 amide bonds. The van der Waals surface area contributed by atoms with E-state index in [0.717, 1.165) is 18.4 Å². The van der Waals surface area contributed by atoms with Crippen LogP contribution in [0.4, 0.5) is 4.79 Å². The van der Waals surface area contributed by atoms with E-state index < -0.39 is 18.9 Å². The highest BCUT2D eigenvalue weighted by molar-refractivity contribution is 5.86. The first-order chi connectivity index (χ1) is 11.0. The topological polar surface area (TPSA) is 55.8 Å². The van der Waals surface area contributed by atoms with Gasteiger partial charge < -0.3 is 9.47 Å². The van der Waals surface area contributed by atoms with Gasteiger partial charge in [0.25, 0.3) is 0 Å². The Kier molecular flexibility index (Phi) is 5.42. The van der Waals surface area contributed by atoms with Gasteiger partial charge in [-0.1, -0.05) is 36.8 Å². The average Bonchev–Trinajstić information content (AvgIpc) is 2.96. The molecule has 1 unspecified atom stereocenters. The molecule has 0 fully saturated rings. The van der Waals surface area contributed by atoms with Gasteiger partial charge in [0.2, 0.25) is 6.79 Å². The predicted octanol–water partition coefficient (Wildman–Crippen LogP) is 2.82. The van der Waals surface area contributed by atoms with Gasteiger partial charge in [0.05, 0.1) is 12.6 Å². The van der Waals surface area contributed by atoms with E-state index in [-0.39, 0.29) is 18.2 Å². The molecule has 0 saturated heterocycles. The lowest BCUT2D eigenvalue weighted by molar-refractivity contribution is -0.147. The Hall–Kier alpha value is -2.74. The molecule has 5 nitrogen and oxygen atoms in total. The van der Waals surface area contributed by atoms with Crippen LogP contribution in [0.15, 0.2) is 36.4 Å². The second-order valence-electron chi connectivity index (χ2n) is 5.33. The third kappa shape index (κ3) is 3.92. The molecule has 0 N–H and O–H groups in total. The molecule has 120 valence electrons. The molecule has 0 saturated carbocycles. The van der Waals surface area contributed by atoms with Crippen LogP contribution in [0.5, 0.6) is 0 Å². The summed E-state index contributed by atoms with van der Waals surface area (Å²) in [7, 11) is 0. The molecule has 0 radical (unpaired) electrons. The van der Waals surface area contributed by atoms with Crippen LogP contribution < -0.4 is 0 Å². The second kappa shape index (κ2) is 7.50. The normalized spacial score (nSPS) is 15.2. The summed E-state index contributed by atoms with van der Waals surface area (Å²) in [6.07, 6.45) is 6.46. The summed E-state index contributed by atoms with van der Waals surface area (Å²) < 4.78 is 9.79. The van der Waals surface area contributed by atoms with Gasteiger partial charge in [-0.3, -0.25) is 4.90 Å². The van der Waals surface area contributed by atoms with Gasteiger partial charge in [-0.25, -0.2) is 9.59 Å². The van der Waals surface area contributed by atoms with Crippen LogP contribution in [0.2, 0.25) is 0 Å². The van der Waals surface area contributed by atoms with Gasteiger partial charge in [-0.2, -0.15) is 0 Å². The van der Waals surface area contributed by atoms with Gasteiger partial charge in [-0.05, 0) is 30.9 Å². The smallest absolute Gasteiger partial charge is 0.413 e. The van der Waals surface area contributed by atoms with Gasteiger partial charge in [0.1, 0.15) is 0 Å². The number of fused-ring (bicyclic) bond motifs is 1. The maximum Gasteiger partial charge on any atom is 0.413 e. The standard InChI is InChI=1S/C18H19NO4/c1-4-11-19(18(21)23-12-22-17(20)13(2)3)16-10-9-14-7-5-6-8-15(14)16/h1,5-8,16H,2,9-12H2,3H3. The van der Waals surface area contributed by atoms with E-state index in [1.54, 1.807) is 0 Å². The van der Waals surface area contributed by atoms with E-state index in [1.165, 1.54) is 17.4 Å². The maximum atomic E-state index is 12.3. The number of hydrogen-bond acceptors (Lipinski definition) is 4. The van der Waals surface area contributed by atoms with Crippen LogP contribution >= 0.6 is 0 Å². The molecule has 1 aromatic carbocycles. The molecule has 23 heavy (non-hydrogen) atoms. The summed E-state index contributed by atoms with van der Waals surface area (Å²) in [5, 5.41) is 0. The Balaban J connectivity index is 2.02. The van der Waals surface area contributed by atoms with Crippen molar-refractivity contribution >= 4 is 12.1 Å². The van der Waals surface area contributed by atoms with Gasteiger partial charge >= 0.3 is 12.1 Å². The second-order valence-corrected chi connectivity index (χ2v) is 5.33. The summed E-state index contributed by atoms with van der Waals surface area (Å²) in [5.74, 6) is 1.87. The fourth-order valence-electron chi connectivity index (χ4n) is 2.60. The fourth-order valence-corrected chi connectivity index (χ4v) is 2.60. The number of esters is 1. The Bertz CT molecular complexity index is 659. The molecule has 0 spiro atoms. The van der Waals surface area contributed by atoms with Crippen molar-refractivity contribution in [1.82, 2.24) is 4.90 Å². The predicted molar refractivity (Wildman–Crippen MR) is 85.3 cm³/mol. The first-order valence-electron chi connectivity index (χ1n) is 7.32. The number of aryl methyl sites for hydroxylation is 1. The van der Waals surface area contributed by atoms with Crippen molar-refractivity contribution in [3.63, 3.8) is 0 Å². The van der Waals surface area contributed by atoms with E-state index >= 15 is 0 Å². The van der Waals surface area contributed by atoms with Crippen molar-refractivity contribution in [2.24, 2.45) is 0 Å². The van der Waals surface area contributed by atoms with Crippen LogP contribution in [0.3, 0.4) is 0 Å². The van der Waals surface area contributed by atoms with Crippen molar-refractivity contribution in [2.75, 3.05) is 13.3 Å². The summed E-state index contributed by atoms with van der Waals surface area (Å²) in [5.41, 5.74) is 2.53. The van der Waals surface area contributed by atoms with Crippen molar-refractivity contribution < 1.29 is 19.1 Å². The Morgan fingerprint density at radius 1 is 1.39 bits per heavy atom. The summed E-state index contributed by atoms with van der Waals surface area (Å²) in [4.78, 5) is 25.0. The summed E-state index contributed by atoms with van der Waals surface area (Å²) in [6, 6.07) is 7.83. The first-order valence-corrected chi connectivity index (χ1v) is 7.32. The Morgan fingerprint density at radius 2 is 2.13 bits per heavy atom. The average molecular weight is 313 g/mol. The number of rotatable bonds is 5. The number of benzene rings is 1. The minimum absolute atomic E-state index is 0.119. The largest absolute Gasteiger partial charge is 0.424 e. The Morgan fingerprint density at radius 3 is 2.83 bits per heavy atom. The lowest BCUT2D eigenvalue weighted by Crippen LogP contribution is -2.35. The highest BCUT2D eigenvalue weighted by Crippen LogP contribution is 2.35. The van der Waals surface area contributed by atoms with E-state index in [9.17, 15) is 9.59 Å². The molecular weight excluding hydrogens is 294 g/mol. The number of carbonyl (C=O) groups is 2. The molecule has 2 rings (SSSR count). The molecule has 5 heteroatoms. The minimum atomic E-state index is -0.604. The van der Waals surface area contributed by atoms with E-state index in [2.05, 4.69) is 12.5 Å². The van der Waals surface area contributed by atoms with Crippen LogP contribution in [0, 0.1) is 12.3 Å². The third-order valence-corrected chi connectivity index (χ3v) is 3.69. The van der Waals surface area contributed by atoms with Crippen molar-refractivity contribution in [1.29, 1.82) is 0 Å². The first kappa shape index (κ1) is 16.6. The maximum absolute atomic E-state index is 12.3. The zero-order valence-corrected chi connectivity index (χ0v) is 13.1. The molecule has 0 heterocycles. The SMILES string of the molecule is C#CCN(C(=O)OCOC(=O)C(=C)C)C1CCc2ccccc21. The molecule has 0 bridgehead atoms. The van der Waals surface area contributed by atoms with Gasteiger partial charge in [-0.15, -0.1) is 6.42 Å². The molecule has 0 aliphatic heterocycles. The van der Waals surface area contributed by atoms with E-state index in [1.807, 2.05) is 24.3 Å². The molecule has 1 aromatic rings. The zero-order chi connectivity index (χ0) is 16.8. The number of hydrogen-bond donors (Lipinski definition) is 0. The van der Waals surface area contributed by atoms with Crippen LogP contribution in [-0.4, -0.2) is 30.3 Å². The van der Waals surface area contributed by atoms with Gasteiger partial charge in [0.15, 0.2) is 0 Å². The quantitative estimate of drug-likeness (QED) is 0.363. The molecule has 1 aliphatic carbocycles. The monoisotopic (exact) mass is 313 g/mol. The molecule has 1 atom stereocenters. The van der Waals surface area contributed by atoms with E-state index in [4.69, 9.17) is 15.9 Å². The number of terminal acetylenes is 1. The highest BCUT2D eigenvalue weighted by atomic mass is 16.7. The van der Waals surface area contributed by atoms with Crippen LogP contribution in [0.1, 0.15) is 30.5 Å². The molecule has 1 aliphatic rings. The fraction of sp³-hybridized carbons (Fsp3) is 0.333. The minimum Gasteiger partial charge on any atom is -0.424 e. The number of ether oxygens (including phenoxy) is 2. The molecule has 0 aromatic heterocycles.